The van der Waals surface area contributed by atoms with E-state index < -0.39 is 0 Å². The van der Waals surface area contributed by atoms with Gasteiger partial charge in [-0.3, -0.25) is 4.98 Å². The van der Waals surface area contributed by atoms with Crippen molar-refractivity contribution in [3.05, 3.63) is 35.1 Å². The topological polar surface area (TPSA) is 64.7 Å². The van der Waals surface area contributed by atoms with Crippen LogP contribution >= 0.6 is 23.1 Å². The van der Waals surface area contributed by atoms with Crippen LogP contribution in [0.2, 0.25) is 0 Å². The fourth-order valence-electron chi connectivity index (χ4n) is 1.60. The molecule has 0 spiro atoms. The van der Waals surface area contributed by atoms with Crippen LogP contribution in [0.5, 0.6) is 0 Å². The van der Waals surface area contributed by atoms with Gasteiger partial charge < -0.3 is 5.73 Å². The van der Waals surface area contributed by atoms with Gasteiger partial charge >= 0.3 is 0 Å². The lowest BCUT2D eigenvalue weighted by Gasteiger charge is -2.21. The zero-order valence-electron chi connectivity index (χ0n) is 10.4. The highest BCUT2D eigenvalue weighted by atomic mass is 32.2. The second-order valence-corrected chi connectivity index (χ2v) is 6.55. The number of aromatic nitrogens is 3. The van der Waals surface area contributed by atoms with Crippen LogP contribution in [0.25, 0.3) is 0 Å². The number of rotatable bonds is 5. The smallest absolute Gasteiger partial charge is 0.174 e. The summed E-state index contributed by atoms with van der Waals surface area (Å²) in [7, 11) is 0. The summed E-state index contributed by atoms with van der Waals surface area (Å²) < 4.78 is 0.971. The molecule has 2 unspecified atom stereocenters. The molecule has 0 radical (unpaired) electrons. The predicted octanol–water partition coefficient (Wildman–Crippen LogP) is 2.81. The lowest BCUT2D eigenvalue weighted by Crippen LogP contribution is -2.25. The minimum atomic E-state index is 0.0987. The van der Waals surface area contributed by atoms with E-state index in [1.54, 1.807) is 35.5 Å². The Morgan fingerprint density at radius 2 is 2.06 bits per heavy atom. The van der Waals surface area contributed by atoms with Crippen molar-refractivity contribution in [2.24, 2.45) is 5.73 Å². The fourth-order valence-corrected chi connectivity index (χ4v) is 3.85. The van der Waals surface area contributed by atoms with Crippen LogP contribution in [0, 0.1) is 6.92 Å². The van der Waals surface area contributed by atoms with E-state index in [1.807, 2.05) is 19.1 Å². The maximum Gasteiger partial charge on any atom is 0.174 e. The second-order valence-electron chi connectivity index (χ2n) is 3.98. The summed E-state index contributed by atoms with van der Waals surface area (Å²) in [5, 5.41) is 9.38. The van der Waals surface area contributed by atoms with Crippen LogP contribution in [0.4, 0.5) is 0 Å². The molecule has 0 aromatic carbocycles. The predicted molar refractivity (Wildman–Crippen MR) is 75.7 cm³/mol. The Morgan fingerprint density at radius 3 is 2.61 bits per heavy atom. The molecular formula is C12H16N4S2. The quantitative estimate of drug-likeness (QED) is 0.853. The van der Waals surface area contributed by atoms with E-state index >= 15 is 0 Å². The van der Waals surface area contributed by atoms with Crippen LogP contribution in [0.15, 0.2) is 28.9 Å². The molecule has 0 aliphatic heterocycles. The standard InChI is InChI=1S/C12H16N4S2/c1-3-10(13)11(9-4-6-14-7-5-9)18-12-16-15-8(2)17-12/h4-7,10-11H,3,13H2,1-2H3. The Kier molecular flexibility index (Phi) is 4.68. The maximum atomic E-state index is 6.22. The Balaban J connectivity index is 2.21. The van der Waals surface area contributed by atoms with Crippen LogP contribution in [0.1, 0.15) is 29.2 Å². The summed E-state index contributed by atoms with van der Waals surface area (Å²) in [5.41, 5.74) is 7.41. The van der Waals surface area contributed by atoms with Crippen molar-refractivity contribution in [2.45, 2.75) is 35.9 Å². The van der Waals surface area contributed by atoms with Gasteiger partial charge in [0, 0.05) is 18.4 Å². The van der Waals surface area contributed by atoms with Gasteiger partial charge in [-0.2, -0.15) is 0 Å². The lowest BCUT2D eigenvalue weighted by atomic mass is 10.1. The van der Waals surface area contributed by atoms with E-state index in [9.17, 15) is 0 Å². The number of aryl methyl sites for hydroxylation is 1. The van der Waals surface area contributed by atoms with Crippen LogP contribution in [0.3, 0.4) is 0 Å². The van der Waals surface area contributed by atoms with E-state index in [0.29, 0.717) is 0 Å². The van der Waals surface area contributed by atoms with E-state index in [0.717, 1.165) is 15.8 Å². The van der Waals surface area contributed by atoms with Crippen molar-refractivity contribution in [2.75, 3.05) is 0 Å². The third-order valence-corrected chi connectivity index (χ3v) is 4.96. The van der Waals surface area contributed by atoms with Gasteiger partial charge in [-0.15, -0.1) is 10.2 Å². The molecule has 0 fully saturated rings. The van der Waals surface area contributed by atoms with Crippen LogP contribution in [-0.4, -0.2) is 21.2 Å². The van der Waals surface area contributed by atoms with Gasteiger partial charge in [0.1, 0.15) is 5.01 Å². The molecule has 2 N–H and O–H groups in total. The zero-order valence-corrected chi connectivity index (χ0v) is 12.0. The third-order valence-electron chi connectivity index (χ3n) is 2.63. The fraction of sp³-hybridized carbons (Fsp3) is 0.417. The first kappa shape index (κ1) is 13.5. The third kappa shape index (κ3) is 3.28. The highest BCUT2D eigenvalue weighted by Crippen LogP contribution is 2.38. The van der Waals surface area contributed by atoms with Gasteiger partial charge in [-0.1, -0.05) is 30.0 Å². The van der Waals surface area contributed by atoms with Crippen LogP contribution in [-0.2, 0) is 0 Å². The minimum absolute atomic E-state index is 0.0987. The molecule has 0 saturated carbocycles. The number of nitrogens with two attached hydrogens (primary N) is 1. The molecule has 0 saturated heterocycles. The number of nitrogens with zero attached hydrogens (tertiary/aromatic N) is 3. The maximum absolute atomic E-state index is 6.22. The first-order valence-corrected chi connectivity index (χ1v) is 7.52. The zero-order chi connectivity index (χ0) is 13.0. The number of hydrogen-bond donors (Lipinski definition) is 1. The van der Waals surface area contributed by atoms with Gasteiger partial charge in [-0.25, -0.2) is 0 Å². The van der Waals surface area contributed by atoms with E-state index in [-0.39, 0.29) is 11.3 Å². The molecule has 0 aliphatic carbocycles. The molecule has 2 heterocycles. The lowest BCUT2D eigenvalue weighted by molar-refractivity contribution is 0.633. The first-order chi connectivity index (χ1) is 8.70. The summed E-state index contributed by atoms with van der Waals surface area (Å²) in [6, 6.07) is 4.13. The summed E-state index contributed by atoms with van der Waals surface area (Å²) in [6.45, 7) is 4.06. The van der Waals surface area contributed by atoms with Crippen molar-refractivity contribution in [3.63, 3.8) is 0 Å². The summed E-state index contributed by atoms with van der Waals surface area (Å²) in [4.78, 5) is 4.05. The number of hydrogen-bond acceptors (Lipinski definition) is 6. The molecule has 2 atom stereocenters. The molecule has 0 amide bonds. The Labute approximate surface area is 115 Å². The molecule has 2 rings (SSSR count). The largest absolute Gasteiger partial charge is 0.326 e. The first-order valence-electron chi connectivity index (χ1n) is 5.83. The van der Waals surface area contributed by atoms with E-state index in [2.05, 4.69) is 22.1 Å². The van der Waals surface area contributed by atoms with Crippen molar-refractivity contribution >= 4 is 23.1 Å². The van der Waals surface area contributed by atoms with Gasteiger partial charge in [0.25, 0.3) is 0 Å². The molecule has 0 bridgehead atoms. The summed E-state index contributed by atoms with van der Waals surface area (Å²) in [6.07, 6.45) is 4.53. The average Bonchev–Trinajstić information content (AvgIpc) is 2.82. The van der Waals surface area contributed by atoms with Crippen molar-refractivity contribution < 1.29 is 0 Å². The SMILES string of the molecule is CCC(N)C(Sc1nnc(C)s1)c1ccncc1. The normalized spacial score (nSPS) is 14.4. The molecule has 6 heteroatoms. The van der Waals surface area contributed by atoms with Gasteiger partial charge in [0.15, 0.2) is 4.34 Å². The van der Waals surface area contributed by atoms with Crippen molar-refractivity contribution in [3.8, 4) is 0 Å². The Hall–Kier alpha value is -0.980. The van der Waals surface area contributed by atoms with Crippen molar-refractivity contribution in [1.82, 2.24) is 15.2 Å². The van der Waals surface area contributed by atoms with Crippen LogP contribution < -0.4 is 5.73 Å². The summed E-state index contributed by atoms with van der Waals surface area (Å²) in [5.74, 6) is 0. The highest BCUT2D eigenvalue weighted by Gasteiger charge is 2.21. The average molecular weight is 280 g/mol. The van der Waals surface area contributed by atoms with Crippen molar-refractivity contribution in [1.29, 1.82) is 0 Å². The van der Waals surface area contributed by atoms with Gasteiger partial charge in [-0.05, 0) is 31.0 Å². The minimum Gasteiger partial charge on any atom is -0.326 e. The molecule has 4 nitrogen and oxygen atoms in total. The Morgan fingerprint density at radius 1 is 1.33 bits per heavy atom. The van der Waals surface area contributed by atoms with E-state index in [1.165, 1.54) is 5.56 Å². The second kappa shape index (κ2) is 6.26. The molecule has 0 aliphatic rings. The molecular weight excluding hydrogens is 264 g/mol. The highest BCUT2D eigenvalue weighted by molar-refractivity contribution is 8.01. The van der Waals surface area contributed by atoms with Gasteiger partial charge in [0.05, 0.1) is 5.25 Å². The van der Waals surface area contributed by atoms with Gasteiger partial charge in [0.2, 0.25) is 0 Å². The number of thioether (sulfide) groups is 1. The summed E-state index contributed by atoms with van der Waals surface area (Å²) >= 11 is 3.30. The van der Waals surface area contributed by atoms with E-state index in [4.69, 9.17) is 5.73 Å². The molecule has 18 heavy (non-hydrogen) atoms. The molecule has 2 aromatic heterocycles. The molecule has 2 aromatic rings. The number of pyridine rings is 1. The Bertz CT molecular complexity index is 486. The monoisotopic (exact) mass is 280 g/mol. The molecule has 96 valence electrons.